The minimum Gasteiger partial charge on any atom is -0.338 e. The van der Waals surface area contributed by atoms with E-state index in [2.05, 4.69) is 4.72 Å². The van der Waals surface area contributed by atoms with Gasteiger partial charge in [0.1, 0.15) is 5.82 Å². The number of hydrogen-bond acceptors (Lipinski definition) is 3. The molecule has 0 aliphatic carbocycles. The molecule has 0 unspecified atom stereocenters. The average molecular weight is 444 g/mol. The molecule has 1 saturated heterocycles. The van der Waals surface area contributed by atoms with Crippen molar-refractivity contribution < 1.29 is 30.8 Å². The van der Waals surface area contributed by atoms with E-state index in [0.717, 1.165) is 12.1 Å². The van der Waals surface area contributed by atoms with Gasteiger partial charge in [0.05, 0.1) is 16.9 Å². The molecular weight excluding hydrogens is 424 g/mol. The first-order chi connectivity index (χ1) is 14.0. The number of hydrogen-bond donors (Lipinski definition) is 1. The predicted octanol–water partition coefficient (Wildman–Crippen LogP) is 3.57. The summed E-state index contributed by atoms with van der Waals surface area (Å²) in [5.41, 5.74) is -0.916. The van der Waals surface area contributed by atoms with Gasteiger partial charge in [0, 0.05) is 19.1 Å². The summed E-state index contributed by atoms with van der Waals surface area (Å²) in [5, 5.41) is 0. The van der Waals surface area contributed by atoms with Crippen LogP contribution in [0.4, 0.5) is 17.6 Å². The van der Waals surface area contributed by atoms with Crippen LogP contribution in [-0.4, -0.2) is 38.4 Å². The van der Waals surface area contributed by atoms with Gasteiger partial charge in [-0.3, -0.25) is 4.79 Å². The third-order valence-electron chi connectivity index (χ3n) is 4.84. The normalized spacial score (nSPS) is 15.9. The molecule has 0 saturated carbocycles. The molecule has 0 aromatic heterocycles. The highest BCUT2D eigenvalue weighted by molar-refractivity contribution is 7.88. The van der Waals surface area contributed by atoms with Crippen molar-refractivity contribution in [3.63, 3.8) is 0 Å². The molecule has 2 aromatic rings. The molecule has 1 amide bonds. The van der Waals surface area contributed by atoms with Crippen molar-refractivity contribution in [2.24, 2.45) is 0 Å². The second kappa shape index (κ2) is 8.73. The van der Waals surface area contributed by atoms with Gasteiger partial charge in [-0.1, -0.05) is 30.3 Å². The first-order valence-corrected chi connectivity index (χ1v) is 10.9. The van der Waals surface area contributed by atoms with Crippen molar-refractivity contribution in [1.29, 1.82) is 0 Å². The van der Waals surface area contributed by atoms with Crippen LogP contribution in [0, 0.1) is 5.82 Å². The largest absolute Gasteiger partial charge is 0.416 e. The molecule has 2 aromatic carbocycles. The lowest BCUT2D eigenvalue weighted by molar-refractivity contribution is -0.137. The Hall–Kier alpha value is -2.46. The smallest absolute Gasteiger partial charge is 0.338 e. The molecule has 5 nitrogen and oxygen atoms in total. The molecule has 0 radical (unpaired) electrons. The zero-order valence-corrected chi connectivity index (χ0v) is 16.6. The summed E-state index contributed by atoms with van der Waals surface area (Å²) in [6, 6.07) is 9.36. The molecular formula is C20H20F4N2O3S. The van der Waals surface area contributed by atoms with Crippen LogP contribution in [0.1, 0.15) is 34.3 Å². The van der Waals surface area contributed by atoms with Crippen LogP contribution in [0.5, 0.6) is 0 Å². The molecule has 1 aliphatic rings. The van der Waals surface area contributed by atoms with Crippen molar-refractivity contribution in [2.75, 3.05) is 13.1 Å². The van der Waals surface area contributed by atoms with E-state index < -0.39 is 45.3 Å². The second-order valence-corrected chi connectivity index (χ2v) is 8.88. The highest BCUT2D eigenvalue weighted by atomic mass is 32.2. The molecule has 0 bridgehead atoms. The lowest BCUT2D eigenvalue weighted by Crippen LogP contribution is -2.46. The summed E-state index contributed by atoms with van der Waals surface area (Å²) in [5.74, 6) is -1.66. The van der Waals surface area contributed by atoms with Crippen LogP contribution >= 0.6 is 0 Å². The van der Waals surface area contributed by atoms with Gasteiger partial charge in [-0.05, 0) is 36.6 Å². The maximum atomic E-state index is 13.8. The number of sulfonamides is 1. The second-order valence-electron chi connectivity index (χ2n) is 7.12. The summed E-state index contributed by atoms with van der Waals surface area (Å²) in [4.78, 5) is 13.9. The quantitative estimate of drug-likeness (QED) is 0.717. The average Bonchev–Trinajstić information content (AvgIpc) is 2.67. The number of carbonyl (C=O) groups is 1. The Balaban J connectivity index is 1.58. The molecule has 0 atom stereocenters. The number of piperidine rings is 1. The molecule has 3 rings (SSSR count). The van der Waals surface area contributed by atoms with Crippen molar-refractivity contribution in [1.82, 2.24) is 9.62 Å². The minimum atomic E-state index is -4.55. The number of nitrogens with one attached hydrogen (secondary N) is 1. The standard InChI is InChI=1S/C20H20F4N2O3S/c21-18-7-2-1-6-17(18)19(27)26-10-8-16(9-11-26)25-30(28,29)13-14-4-3-5-15(12-14)20(22,23)24/h1-7,12,16,25H,8-11,13H2. The summed E-state index contributed by atoms with van der Waals surface area (Å²) in [6.07, 6.45) is -3.91. The molecule has 30 heavy (non-hydrogen) atoms. The van der Waals surface area contributed by atoms with E-state index in [1.807, 2.05) is 0 Å². The molecule has 1 heterocycles. The summed E-state index contributed by atoms with van der Waals surface area (Å²) in [7, 11) is -3.87. The minimum absolute atomic E-state index is 0.0319. The summed E-state index contributed by atoms with van der Waals surface area (Å²) < 4.78 is 79.5. The first kappa shape index (κ1) is 22.2. The van der Waals surface area contributed by atoms with Gasteiger partial charge in [-0.25, -0.2) is 17.5 Å². The summed E-state index contributed by atoms with van der Waals surface area (Å²) in [6.45, 7) is 0.480. The van der Waals surface area contributed by atoms with Gasteiger partial charge in [-0.2, -0.15) is 13.2 Å². The Bertz CT molecular complexity index is 1020. The molecule has 1 fully saturated rings. The van der Waals surface area contributed by atoms with E-state index in [0.29, 0.717) is 12.8 Å². The predicted molar refractivity (Wildman–Crippen MR) is 103 cm³/mol. The van der Waals surface area contributed by atoms with E-state index in [1.165, 1.54) is 35.2 Å². The van der Waals surface area contributed by atoms with E-state index >= 15 is 0 Å². The fourth-order valence-corrected chi connectivity index (χ4v) is 4.80. The molecule has 162 valence electrons. The van der Waals surface area contributed by atoms with Crippen LogP contribution in [-0.2, 0) is 22.0 Å². The number of rotatable bonds is 5. The van der Waals surface area contributed by atoms with Crippen molar-refractivity contribution >= 4 is 15.9 Å². The van der Waals surface area contributed by atoms with Crippen LogP contribution in [0.3, 0.4) is 0 Å². The lowest BCUT2D eigenvalue weighted by Gasteiger charge is -2.32. The molecule has 1 aliphatic heterocycles. The molecule has 10 heteroatoms. The van der Waals surface area contributed by atoms with E-state index in [-0.39, 0.29) is 24.2 Å². The Morgan fingerprint density at radius 1 is 1.07 bits per heavy atom. The summed E-state index contributed by atoms with van der Waals surface area (Å²) >= 11 is 0. The Morgan fingerprint density at radius 2 is 1.73 bits per heavy atom. The SMILES string of the molecule is O=C(c1ccccc1F)N1CCC(NS(=O)(=O)Cc2cccc(C(F)(F)F)c2)CC1. The lowest BCUT2D eigenvalue weighted by atomic mass is 10.0. The van der Waals surface area contributed by atoms with Crippen molar-refractivity contribution in [2.45, 2.75) is 30.8 Å². The number of amides is 1. The topological polar surface area (TPSA) is 66.5 Å². The van der Waals surface area contributed by atoms with Crippen molar-refractivity contribution in [3.05, 3.63) is 71.0 Å². The number of halogens is 4. The van der Waals surface area contributed by atoms with Gasteiger partial charge in [0.15, 0.2) is 0 Å². The van der Waals surface area contributed by atoms with Gasteiger partial charge in [0.25, 0.3) is 5.91 Å². The number of benzene rings is 2. The zero-order chi connectivity index (χ0) is 21.9. The van der Waals surface area contributed by atoms with Crippen LogP contribution in [0.15, 0.2) is 48.5 Å². The maximum absolute atomic E-state index is 13.8. The van der Waals surface area contributed by atoms with Crippen molar-refractivity contribution in [3.8, 4) is 0 Å². The van der Waals surface area contributed by atoms with E-state index in [4.69, 9.17) is 0 Å². The van der Waals surface area contributed by atoms with Gasteiger partial charge >= 0.3 is 6.18 Å². The van der Waals surface area contributed by atoms with Crippen LogP contribution in [0.25, 0.3) is 0 Å². The number of nitrogens with zero attached hydrogens (tertiary/aromatic N) is 1. The highest BCUT2D eigenvalue weighted by Crippen LogP contribution is 2.30. The highest BCUT2D eigenvalue weighted by Gasteiger charge is 2.31. The van der Waals surface area contributed by atoms with Crippen LogP contribution in [0.2, 0.25) is 0 Å². The van der Waals surface area contributed by atoms with Crippen LogP contribution < -0.4 is 4.72 Å². The third-order valence-corrected chi connectivity index (χ3v) is 6.25. The van der Waals surface area contributed by atoms with E-state index in [1.54, 1.807) is 6.07 Å². The first-order valence-electron chi connectivity index (χ1n) is 9.25. The number of likely N-dealkylation sites (tertiary alicyclic amines) is 1. The fraction of sp³-hybridized carbons (Fsp3) is 0.350. The maximum Gasteiger partial charge on any atom is 0.416 e. The number of alkyl halides is 3. The zero-order valence-electron chi connectivity index (χ0n) is 15.8. The Kier molecular flexibility index (Phi) is 6.47. The van der Waals surface area contributed by atoms with Gasteiger partial charge < -0.3 is 4.90 Å². The van der Waals surface area contributed by atoms with E-state index in [9.17, 15) is 30.8 Å². The monoisotopic (exact) mass is 444 g/mol. The van der Waals surface area contributed by atoms with Gasteiger partial charge in [-0.15, -0.1) is 0 Å². The Morgan fingerprint density at radius 3 is 2.37 bits per heavy atom. The molecule has 0 spiro atoms. The number of carbonyl (C=O) groups excluding carboxylic acids is 1. The Labute approximate surface area is 171 Å². The third kappa shape index (κ3) is 5.57. The fourth-order valence-electron chi connectivity index (χ4n) is 3.36. The van der Waals surface area contributed by atoms with Gasteiger partial charge in [0.2, 0.25) is 10.0 Å². The molecule has 1 N–H and O–H groups in total.